The number of rotatable bonds is 2. The summed E-state index contributed by atoms with van der Waals surface area (Å²) in [5.74, 6) is 0.438. The minimum Gasteiger partial charge on any atom is -0.381 e. The van der Waals surface area contributed by atoms with Crippen LogP contribution in [0.25, 0.3) is 0 Å². The summed E-state index contributed by atoms with van der Waals surface area (Å²) < 4.78 is 5.16. The van der Waals surface area contributed by atoms with Crippen LogP contribution in [0.1, 0.15) is 12.8 Å². The Morgan fingerprint density at radius 2 is 2.50 bits per heavy atom. The third kappa shape index (κ3) is 2.06. The molecule has 2 nitrogen and oxygen atoms in total. The first-order valence-electron chi connectivity index (χ1n) is 3.51. The van der Waals surface area contributed by atoms with Crippen LogP contribution in [-0.2, 0) is 9.53 Å². The molecule has 3 heteroatoms. The van der Waals surface area contributed by atoms with Gasteiger partial charge in [0.25, 0.3) is 0 Å². The van der Waals surface area contributed by atoms with Crippen LogP contribution in [0.5, 0.6) is 0 Å². The zero-order valence-electron chi connectivity index (χ0n) is 5.81. The van der Waals surface area contributed by atoms with E-state index in [9.17, 15) is 4.79 Å². The topological polar surface area (TPSA) is 26.3 Å². The van der Waals surface area contributed by atoms with E-state index in [1.165, 1.54) is 0 Å². The SMILES string of the molecule is O=C(CBr)[C@H]1CCCOC1. The van der Waals surface area contributed by atoms with E-state index in [4.69, 9.17) is 4.74 Å². The second kappa shape index (κ2) is 4.09. The highest BCUT2D eigenvalue weighted by molar-refractivity contribution is 9.09. The average Bonchev–Trinajstić information content (AvgIpc) is 2.05. The summed E-state index contributed by atoms with van der Waals surface area (Å²) in [4.78, 5) is 11.0. The Labute approximate surface area is 69.1 Å². The lowest BCUT2D eigenvalue weighted by Crippen LogP contribution is -2.25. The van der Waals surface area contributed by atoms with Gasteiger partial charge in [-0.2, -0.15) is 0 Å². The van der Waals surface area contributed by atoms with E-state index in [0.717, 1.165) is 19.4 Å². The Morgan fingerprint density at radius 1 is 1.70 bits per heavy atom. The van der Waals surface area contributed by atoms with Gasteiger partial charge in [0, 0.05) is 12.5 Å². The fourth-order valence-electron chi connectivity index (χ4n) is 1.10. The number of carbonyl (C=O) groups excluding carboxylic acids is 1. The van der Waals surface area contributed by atoms with Crippen molar-refractivity contribution >= 4 is 21.7 Å². The number of Topliss-reactive ketones (excluding diaryl/α,β-unsaturated/α-hetero) is 1. The van der Waals surface area contributed by atoms with Crippen LogP contribution >= 0.6 is 15.9 Å². The number of alkyl halides is 1. The standard InChI is InChI=1S/C7H11BrO2/c8-4-7(9)6-2-1-3-10-5-6/h6H,1-5H2/t6-/m0/s1. The minimum absolute atomic E-state index is 0.160. The van der Waals surface area contributed by atoms with Crippen LogP contribution < -0.4 is 0 Å². The van der Waals surface area contributed by atoms with Gasteiger partial charge in [0.2, 0.25) is 0 Å². The molecule has 58 valence electrons. The number of hydrogen-bond acceptors (Lipinski definition) is 2. The molecule has 0 aliphatic carbocycles. The molecule has 0 spiro atoms. The van der Waals surface area contributed by atoms with Gasteiger partial charge in [0.15, 0.2) is 0 Å². The predicted molar refractivity (Wildman–Crippen MR) is 42.3 cm³/mol. The molecule has 10 heavy (non-hydrogen) atoms. The molecule has 1 aliphatic rings. The highest BCUT2D eigenvalue weighted by Gasteiger charge is 2.19. The predicted octanol–water partition coefficient (Wildman–Crippen LogP) is 1.38. The average molecular weight is 207 g/mol. The Balaban J connectivity index is 2.31. The minimum atomic E-state index is 0.160. The van der Waals surface area contributed by atoms with Crippen LogP contribution in [0.15, 0.2) is 0 Å². The fraction of sp³-hybridized carbons (Fsp3) is 0.857. The molecule has 0 radical (unpaired) electrons. The summed E-state index contributed by atoms with van der Waals surface area (Å²) in [6.45, 7) is 1.45. The zero-order valence-corrected chi connectivity index (χ0v) is 7.39. The second-order valence-corrected chi connectivity index (χ2v) is 3.07. The third-order valence-corrected chi connectivity index (χ3v) is 2.30. The van der Waals surface area contributed by atoms with Crippen molar-refractivity contribution in [1.82, 2.24) is 0 Å². The van der Waals surface area contributed by atoms with Gasteiger partial charge in [-0.15, -0.1) is 0 Å². The molecule has 1 aliphatic heterocycles. The first kappa shape index (κ1) is 8.21. The molecule has 0 unspecified atom stereocenters. The lowest BCUT2D eigenvalue weighted by molar-refractivity contribution is -0.124. The van der Waals surface area contributed by atoms with Crippen molar-refractivity contribution in [2.75, 3.05) is 18.5 Å². The maximum atomic E-state index is 11.0. The lowest BCUT2D eigenvalue weighted by Gasteiger charge is -2.19. The third-order valence-electron chi connectivity index (χ3n) is 1.75. The fourth-order valence-corrected chi connectivity index (χ4v) is 1.56. The Hall–Kier alpha value is 0.110. The van der Waals surface area contributed by atoms with Crippen molar-refractivity contribution in [2.45, 2.75) is 12.8 Å². The van der Waals surface area contributed by atoms with E-state index in [1.807, 2.05) is 0 Å². The quantitative estimate of drug-likeness (QED) is 0.639. The van der Waals surface area contributed by atoms with Gasteiger partial charge < -0.3 is 4.74 Å². The first-order chi connectivity index (χ1) is 4.84. The molecule has 1 fully saturated rings. The van der Waals surface area contributed by atoms with E-state index in [2.05, 4.69) is 15.9 Å². The molecule has 0 bridgehead atoms. The summed E-state index contributed by atoms with van der Waals surface area (Å²) in [5.41, 5.74) is 0. The van der Waals surface area contributed by atoms with Crippen molar-refractivity contribution < 1.29 is 9.53 Å². The molecule has 1 atom stereocenters. The number of halogens is 1. The van der Waals surface area contributed by atoms with E-state index in [0.29, 0.717) is 11.9 Å². The molecule has 0 N–H and O–H groups in total. The summed E-state index contributed by atoms with van der Waals surface area (Å²) in [6, 6.07) is 0. The molecule has 1 heterocycles. The monoisotopic (exact) mass is 206 g/mol. The molecular formula is C7H11BrO2. The summed E-state index contributed by atoms with van der Waals surface area (Å²) >= 11 is 3.15. The first-order valence-corrected chi connectivity index (χ1v) is 4.63. The van der Waals surface area contributed by atoms with Gasteiger partial charge in [-0.3, -0.25) is 4.79 Å². The van der Waals surface area contributed by atoms with Crippen LogP contribution in [0.4, 0.5) is 0 Å². The Kier molecular flexibility index (Phi) is 3.35. The van der Waals surface area contributed by atoms with E-state index < -0.39 is 0 Å². The van der Waals surface area contributed by atoms with E-state index >= 15 is 0 Å². The number of ether oxygens (including phenoxy) is 1. The Bertz CT molecular complexity index is 119. The molecular weight excluding hydrogens is 196 g/mol. The van der Waals surface area contributed by atoms with Gasteiger partial charge in [-0.1, -0.05) is 15.9 Å². The van der Waals surface area contributed by atoms with Crippen LogP contribution in [-0.4, -0.2) is 24.3 Å². The molecule has 0 aromatic carbocycles. The van der Waals surface area contributed by atoms with E-state index in [-0.39, 0.29) is 11.7 Å². The molecule has 0 saturated carbocycles. The maximum absolute atomic E-state index is 11.0. The normalized spacial score (nSPS) is 26.3. The number of carbonyl (C=O) groups is 1. The van der Waals surface area contributed by atoms with Crippen molar-refractivity contribution in [3.05, 3.63) is 0 Å². The van der Waals surface area contributed by atoms with Gasteiger partial charge >= 0.3 is 0 Å². The van der Waals surface area contributed by atoms with Gasteiger partial charge in [-0.25, -0.2) is 0 Å². The number of hydrogen-bond donors (Lipinski definition) is 0. The van der Waals surface area contributed by atoms with E-state index in [1.54, 1.807) is 0 Å². The van der Waals surface area contributed by atoms with Gasteiger partial charge in [-0.05, 0) is 12.8 Å². The summed E-state index contributed by atoms with van der Waals surface area (Å²) in [6.07, 6.45) is 2.04. The molecule has 0 aromatic heterocycles. The molecule has 0 aromatic rings. The van der Waals surface area contributed by atoms with Gasteiger partial charge in [0.1, 0.15) is 5.78 Å². The Morgan fingerprint density at radius 3 is 3.00 bits per heavy atom. The zero-order chi connectivity index (χ0) is 7.40. The van der Waals surface area contributed by atoms with Crippen LogP contribution in [0, 0.1) is 5.92 Å². The maximum Gasteiger partial charge on any atom is 0.148 e. The van der Waals surface area contributed by atoms with Crippen LogP contribution in [0.2, 0.25) is 0 Å². The van der Waals surface area contributed by atoms with Crippen molar-refractivity contribution in [2.24, 2.45) is 5.92 Å². The number of ketones is 1. The largest absolute Gasteiger partial charge is 0.381 e. The molecule has 0 amide bonds. The van der Waals surface area contributed by atoms with Crippen molar-refractivity contribution in [3.63, 3.8) is 0 Å². The van der Waals surface area contributed by atoms with Crippen molar-refractivity contribution in [3.8, 4) is 0 Å². The van der Waals surface area contributed by atoms with Gasteiger partial charge in [0.05, 0.1) is 11.9 Å². The lowest BCUT2D eigenvalue weighted by atomic mass is 9.99. The van der Waals surface area contributed by atoms with Crippen molar-refractivity contribution in [1.29, 1.82) is 0 Å². The highest BCUT2D eigenvalue weighted by atomic mass is 79.9. The van der Waals surface area contributed by atoms with Crippen LogP contribution in [0.3, 0.4) is 0 Å². The summed E-state index contributed by atoms with van der Waals surface area (Å²) in [7, 11) is 0. The highest BCUT2D eigenvalue weighted by Crippen LogP contribution is 2.14. The molecule has 1 rings (SSSR count). The second-order valence-electron chi connectivity index (χ2n) is 2.51. The smallest absolute Gasteiger partial charge is 0.148 e. The summed E-state index contributed by atoms with van der Waals surface area (Å²) in [5, 5.41) is 0.473. The molecule has 1 saturated heterocycles.